The van der Waals surface area contributed by atoms with Crippen LogP contribution < -0.4 is 10.6 Å². The Balaban J connectivity index is 2.83. The van der Waals surface area contributed by atoms with E-state index in [2.05, 4.69) is 34.4 Å². The van der Waals surface area contributed by atoms with E-state index in [-0.39, 0.29) is 5.91 Å². The third-order valence-electron chi connectivity index (χ3n) is 2.61. The summed E-state index contributed by atoms with van der Waals surface area (Å²) in [6.45, 7) is 8.64. The maximum Gasteiger partial charge on any atom is 0.270 e. The SMILES string of the molecule is CCCNC(=O)c1cc(NC(C)CC)nc(C)n1. The van der Waals surface area contributed by atoms with Crippen LogP contribution in [0.3, 0.4) is 0 Å². The van der Waals surface area contributed by atoms with E-state index in [0.29, 0.717) is 29.9 Å². The number of amides is 1. The molecule has 18 heavy (non-hydrogen) atoms. The molecule has 0 bridgehead atoms. The fourth-order valence-electron chi connectivity index (χ4n) is 1.44. The largest absolute Gasteiger partial charge is 0.368 e. The molecule has 1 unspecified atom stereocenters. The average Bonchev–Trinajstić information content (AvgIpc) is 2.34. The van der Waals surface area contributed by atoms with E-state index >= 15 is 0 Å². The molecule has 1 amide bonds. The first-order chi connectivity index (χ1) is 8.56. The Labute approximate surface area is 108 Å². The maximum absolute atomic E-state index is 11.8. The van der Waals surface area contributed by atoms with Gasteiger partial charge in [-0.15, -0.1) is 0 Å². The monoisotopic (exact) mass is 250 g/mol. The number of nitrogens with one attached hydrogen (secondary N) is 2. The quantitative estimate of drug-likeness (QED) is 0.811. The minimum Gasteiger partial charge on any atom is -0.368 e. The van der Waals surface area contributed by atoms with Gasteiger partial charge >= 0.3 is 0 Å². The highest BCUT2D eigenvalue weighted by Gasteiger charge is 2.10. The summed E-state index contributed by atoms with van der Waals surface area (Å²) >= 11 is 0. The van der Waals surface area contributed by atoms with Crippen LogP contribution in [0.1, 0.15) is 49.9 Å². The van der Waals surface area contributed by atoms with E-state index in [1.165, 1.54) is 0 Å². The molecule has 100 valence electrons. The molecule has 1 heterocycles. The number of anilines is 1. The van der Waals surface area contributed by atoms with Crippen LogP contribution in [0.4, 0.5) is 5.82 Å². The molecule has 0 saturated heterocycles. The molecular formula is C13H22N4O. The molecule has 1 atom stereocenters. The minimum absolute atomic E-state index is 0.144. The lowest BCUT2D eigenvalue weighted by molar-refractivity contribution is 0.0948. The average molecular weight is 250 g/mol. The van der Waals surface area contributed by atoms with Crippen molar-refractivity contribution >= 4 is 11.7 Å². The summed E-state index contributed by atoms with van der Waals surface area (Å²) in [5, 5.41) is 6.07. The van der Waals surface area contributed by atoms with E-state index in [1.807, 2.05) is 6.92 Å². The zero-order valence-corrected chi connectivity index (χ0v) is 11.6. The molecule has 0 radical (unpaired) electrons. The van der Waals surface area contributed by atoms with E-state index in [0.717, 1.165) is 12.8 Å². The van der Waals surface area contributed by atoms with Gasteiger partial charge in [-0.1, -0.05) is 13.8 Å². The van der Waals surface area contributed by atoms with E-state index in [1.54, 1.807) is 13.0 Å². The van der Waals surface area contributed by atoms with Gasteiger partial charge in [0.25, 0.3) is 5.91 Å². The molecule has 0 aliphatic heterocycles. The van der Waals surface area contributed by atoms with Gasteiger partial charge < -0.3 is 10.6 Å². The zero-order valence-electron chi connectivity index (χ0n) is 11.6. The van der Waals surface area contributed by atoms with Crippen LogP contribution in [-0.4, -0.2) is 28.5 Å². The van der Waals surface area contributed by atoms with Crippen molar-refractivity contribution in [1.82, 2.24) is 15.3 Å². The lowest BCUT2D eigenvalue weighted by Crippen LogP contribution is -2.26. The molecule has 1 rings (SSSR count). The second-order valence-electron chi connectivity index (χ2n) is 4.40. The summed E-state index contributed by atoms with van der Waals surface area (Å²) in [5.74, 6) is 1.16. The van der Waals surface area contributed by atoms with Gasteiger partial charge in [0, 0.05) is 18.7 Å². The lowest BCUT2D eigenvalue weighted by Gasteiger charge is -2.13. The van der Waals surface area contributed by atoms with Gasteiger partial charge in [0.2, 0.25) is 0 Å². The number of carbonyl (C=O) groups is 1. The second-order valence-corrected chi connectivity index (χ2v) is 4.40. The normalized spacial score (nSPS) is 12.0. The molecule has 0 aromatic carbocycles. The second kappa shape index (κ2) is 6.93. The van der Waals surface area contributed by atoms with Gasteiger partial charge in [-0.05, 0) is 26.7 Å². The van der Waals surface area contributed by atoms with Crippen molar-refractivity contribution < 1.29 is 4.79 Å². The molecular weight excluding hydrogens is 228 g/mol. The summed E-state index contributed by atoms with van der Waals surface area (Å²) in [6.07, 6.45) is 1.91. The maximum atomic E-state index is 11.8. The lowest BCUT2D eigenvalue weighted by atomic mass is 10.2. The van der Waals surface area contributed by atoms with Crippen LogP contribution >= 0.6 is 0 Å². The van der Waals surface area contributed by atoms with Crippen molar-refractivity contribution in [1.29, 1.82) is 0 Å². The van der Waals surface area contributed by atoms with Crippen molar-refractivity contribution in [3.63, 3.8) is 0 Å². The van der Waals surface area contributed by atoms with Gasteiger partial charge in [0.05, 0.1) is 0 Å². The van der Waals surface area contributed by atoms with Crippen molar-refractivity contribution in [3.8, 4) is 0 Å². The van der Waals surface area contributed by atoms with Gasteiger partial charge in [-0.3, -0.25) is 4.79 Å². The van der Waals surface area contributed by atoms with Crippen molar-refractivity contribution in [3.05, 3.63) is 17.6 Å². The summed E-state index contributed by atoms with van der Waals surface area (Å²) in [7, 11) is 0. The fraction of sp³-hybridized carbons (Fsp3) is 0.615. The number of rotatable bonds is 6. The van der Waals surface area contributed by atoms with Gasteiger partial charge in [-0.25, -0.2) is 9.97 Å². The minimum atomic E-state index is -0.144. The number of carbonyl (C=O) groups excluding carboxylic acids is 1. The highest BCUT2D eigenvalue weighted by Crippen LogP contribution is 2.09. The number of aromatic nitrogens is 2. The predicted molar refractivity (Wildman–Crippen MR) is 72.8 cm³/mol. The first kappa shape index (κ1) is 14.4. The van der Waals surface area contributed by atoms with Crippen LogP contribution in [0.25, 0.3) is 0 Å². The van der Waals surface area contributed by atoms with E-state index in [9.17, 15) is 4.79 Å². The Morgan fingerprint density at radius 1 is 1.39 bits per heavy atom. The van der Waals surface area contributed by atoms with E-state index in [4.69, 9.17) is 0 Å². The molecule has 5 heteroatoms. The highest BCUT2D eigenvalue weighted by molar-refractivity contribution is 5.92. The van der Waals surface area contributed by atoms with Crippen LogP contribution in [-0.2, 0) is 0 Å². The van der Waals surface area contributed by atoms with Crippen molar-refractivity contribution in [2.75, 3.05) is 11.9 Å². The van der Waals surface area contributed by atoms with E-state index < -0.39 is 0 Å². The number of hydrogen-bond acceptors (Lipinski definition) is 4. The number of hydrogen-bond donors (Lipinski definition) is 2. The smallest absolute Gasteiger partial charge is 0.270 e. The Morgan fingerprint density at radius 3 is 2.72 bits per heavy atom. The third kappa shape index (κ3) is 4.31. The van der Waals surface area contributed by atoms with Crippen LogP contribution in [0.5, 0.6) is 0 Å². The molecule has 1 aromatic rings. The summed E-state index contributed by atoms with van der Waals surface area (Å²) in [4.78, 5) is 20.3. The van der Waals surface area contributed by atoms with Crippen molar-refractivity contribution in [2.24, 2.45) is 0 Å². The number of nitrogens with zero attached hydrogens (tertiary/aromatic N) is 2. The van der Waals surface area contributed by atoms with Crippen LogP contribution in [0.2, 0.25) is 0 Å². The standard InChI is InChI=1S/C13H22N4O/c1-5-7-14-13(18)11-8-12(15-9(3)6-2)17-10(4)16-11/h8-9H,5-7H2,1-4H3,(H,14,18)(H,15,16,17). The van der Waals surface area contributed by atoms with Crippen LogP contribution in [0, 0.1) is 6.92 Å². The third-order valence-corrected chi connectivity index (χ3v) is 2.61. The number of aryl methyl sites for hydroxylation is 1. The Bertz CT molecular complexity index is 406. The van der Waals surface area contributed by atoms with Crippen molar-refractivity contribution in [2.45, 2.75) is 46.6 Å². The van der Waals surface area contributed by atoms with Gasteiger partial charge in [0.1, 0.15) is 17.3 Å². The molecule has 0 spiro atoms. The molecule has 5 nitrogen and oxygen atoms in total. The zero-order chi connectivity index (χ0) is 13.5. The molecule has 1 aromatic heterocycles. The fourth-order valence-corrected chi connectivity index (χ4v) is 1.44. The summed E-state index contributed by atoms with van der Waals surface area (Å²) in [5.41, 5.74) is 0.418. The first-order valence-corrected chi connectivity index (χ1v) is 6.47. The molecule has 0 aliphatic rings. The summed E-state index contributed by atoms with van der Waals surface area (Å²) < 4.78 is 0. The Kier molecular flexibility index (Phi) is 5.55. The first-order valence-electron chi connectivity index (χ1n) is 6.47. The molecule has 0 saturated carbocycles. The highest BCUT2D eigenvalue weighted by atomic mass is 16.1. The van der Waals surface area contributed by atoms with Gasteiger partial charge in [0.15, 0.2) is 0 Å². The molecule has 0 fully saturated rings. The Morgan fingerprint density at radius 2 is 2.11 bits per heavy atom. The molecule has 2 N–H and O–H groups in total. The van der Waals surface area contributed by atoms with Crippen LogP contribution in [0.15, 0.2) is 6.07 Å². The van der Waals surface area contributed by atoms with Gasteiger partial charge in [-0.2, -0.15) is 0 Å². The Hall–Kier alpha value is -1.65. The molecule has 0 aliphatic carbocycles. The summed E-state index contributed by atoms with van der Waals surface area (Å²) in [6, 6.07) is 2.02. The topological polar surface area (TPSA) is 66.9 Å². The predicted octanol–water partition coefficient (Wildman–Crippen LogP) is 2.14.